The highest BCUT2D eigenvalue weighted by molar-refractivity contribution is 5.60. The number of rotatable bonds is 3. The third-order valence-electron chi connectivity index (χ3n) is 6.03. The van der Waals surface area contributed by atoms with E-state index in [-0.39, 0.29) is 12.0 Å². The minimum atomic E-state index is -4.73. The first kappa shape index (κ1) is 20.3. The van der Waals surface area contributed by atoms with E-state index in [0.29, 0.717) is 11.3 Å². The van der Waals surface area contributed by atoms with Crippen LogP contribution in [0.2, 0.25) is 0 Å². The van der Waals surface area contributed by atoms with E-state index in [0.717, 1.165) is 69.8 Å². The SMILES string of the molecule is CN1CCC[C@@H](n2cc(-c3ccc(F)c(C(F)(F)F)c3)nc2C2CCNCC2)C1. The first-order valence-corrected chi connectivity index (χ1v) is 10.2. The van der Waals surface area contributed by atoms with Crippen LogP contribution in [0, 0.1) is 5.82 Å². The van der Waals surface area contributed by atoms with Gasteiger partial charge < -0.3 is 14.8 Å². The number of piperidine rings is 2. The second kappa shape index (κ2) is 8.07. The summed E-state index contributed by atoms with van der Waals surface area (Å²) in [5.41, 5.74) is -0.459. The summed E-state index contributed by atoms with van der Waals surface area (Å²) in [7, 11) is 2.09. The molecule has 29 heavy (non-hydrogen) atoms. The number of likely N-dealkylation sites (N-methyl/N-ethyl adjacent to an activating group) is 1. The molecule has 1 aromatic carbocycles. The van der Waals surface area contributed by atoms with Gasteiger partial charge in [-0.25, -0.2) is 9.37 Å². The summed E-state index contributed by atoms with van der Waals surface area (Å²) in [6.45, 7) is 3.76. The Bertz CT molecular complexity index is 855. The average molecular weight is 410 g/mol. The van der Waals surface area contributed by atoms with Crippen LogP contribution in [0.15, 0.2) is 24.4 Å². The summed E-state index contributed by atoms with van der Waals surface area (Å²) in [5.74, 6) is -0.0346. The minimum Gasteiger partial charge on any atom is -0.330 e. The Hall–Kier alpha value is -1.93. The van der Waals surface area contributed by atoms with Crippen LogP contribution in [-0.2, 0) is 6.18 Å². The lowest BCUT2D eigenvalue weighted by molar-refractivity contribution is -0.139. The van der Waals surface area contributed by atoms with E-state index in [1.54, 1.807) is 0 Å². The minimum absolute atomic E-state index is 0.252. The summed E-state index contributed by atoms with van der Waals surface area (Å²) in [6, 6.07) is 3.40. The number of hydrogen-bond donors (Lipinski definition) is 1. The maximum absolute atomic E-state index is 13.7. The normalized spacial score (nSPS) is 22.2. The largest absolute Gasteiger partial charge is 0.419 e. The predicted molar refractivity (Wildman–Crippen MR) is 103 cm³/mol. The molecule has 1 N–H and O–H groups in total. The molecule has 4 rings (SSSR count). The number of imidazole rings is 1. The lowest BCUT2D eigenvalue weighted by atomic mass is 9.96. The molecule has 1 aromatic heterocycles. The molecule has 0 bridgehead atoms. The van der Waals surface area contributed by atoms with Gasteiger partial charge in [-0.1, -0.05) is 0 Å². The van der Waals surface area contributed by atoms with Crippen molar-refractivity contribution in [2.24, 2.45) is 0 Å². The van der Waals surface area contributed by atoms with Gasteiger partial charge in [0.05, 0.1) is 11.3 Å². The van der Waals surface area contributed by atoms with Crippen molar-refractivity contribution < 1.29 is 17.6 Å². The Balaban J connectivity index is 1.75. The quantitative estimate of drug-likeness (QED) is 0.760. The van der Waals surface area contributed by atoms with Crippen molar-refractivity contribution in [1.29, 1.82) is 0 Å². The Labute approximate surface area is 167 Å². The van der Waals surface area contributed by atoms with E-state index < -0.39 is 17.6 Å². The monoisotopic (exact) mass is 410 g/mol. The Morgan fingerprint density at radius 1 is 1.14 bits per heavy atom. The molecular formula is C21H26F4N4. The number of nitrogens with one attached hydrogen (secondary N) is 1. The fourth-order valence-corrected chi connectivity index (χ4v) is 4.49. The van der Waals surface area contributed by atoms with Gasteiger partial charge in [0.15, 0.2) is 0 Å². The van der Waals surface area contributed by atoms with E-state index >= 15 is 0 Å². The highest BCUT2D eigenvalue weighted by Crippen LogP contribution is 2.36. The molecule has 1 atom stereocenters. The van der Waals surface area contributed by atoms with Crippen LogP contribution in [0.4, 0.5) is 17.6 Å². The van der Waals surface area contributed by atoms with Gasteiger partial charge in [0.2, 0.25) is 0 Å². The molecule has 158 valence electrons. The lowest BCUT2D eigenvalue weighted by Gasteiger charge is -2.33. The molecule has 0 aliphatic carbocycles. The first-order chi connectivity index (χ1) is 13.8. The van der Waals surface area contributed by atoms with Gasteiger partial charge >= 0.3 is 6.18 Å². The van der Waals surface area contributed by atoms with Crippen LogP contribution < -0.4 is 5.32 Å². The van der Waals surface area contributed by atoms with Crippen molar-refractivity contribution in [1.82, 2.24) is 19.8 Å². The second-order valence-corrected chi connectivity index (χ2v) is 8.17. The Morgan fingerprint density at radius 2 is 1.90 bits per heavy atom. The zero-order valence-electron chi connectivity index (χ0n) is 16.5. The van der Waals surface area contributed by atoms with Crippen molar-refractivity contribution in [2.75, 3.05) is 33.2 Å². The van der Waals surface area contributed by atoms with Crippen LogP contribution in [0.25, 0.3) is 11.3 Å². The molecule has 0 saturated carbocycles. The molecule has 3 heterocycles. The van der Waals surface area contributed by atoms with Gasteiger partial charge in [0.1, 0.15) is 11.6 Å². The molecule has 2 fully saturated rings. The van der Waals surface area contributed by atoms with Gasteiger partial charge in [-0.3, -0.25) is 0 Å². The van der Waals surface area contributed by atoms with Crippen molar-refractivity contribution in [3.8, 4) is 11.3 Å². The maximum Gasteiger partial charge on any atom is 0.419 e. The van der Waals surface area contributed by atoms with Crippen molar-refractivity contribution in [3.63, 3.8) is 0 Å². The topological polar surface area (TPSA) is 33.1 Å². The summed E-state index contributed by atoms with van der Waals surface area (Å²) in [5, 5.41) is 3.35. The van der Waals surface area contributed by atoms with Crippen LogP contribution >= 0.6 is 0 Å². The third-order valence-corrected chi connectivity index (χ3v) is 6.03. The van der Waals surface area contributed by atoms with Gasteiger partial charge in [-0.05, 0) is 70.6 Å². The Morgan fingerprint density at radius 3 is 2.59 bits per heavy atom. The standard InChI is InChI=1S/C21H26F4N4/c1-28-10-2-3-16(12-28)29-13-19(27-20(29)14-6-8-26-9-7-14)15-4-5-18(22)17(11-15)21(23,24)25/h4-5,11,13-14,16,26H,2-3,6-10,12H2,1H3/t16-/m1/s1. The summed E-state index contributed by atoms with van der Waals surface area (Å²) >= 11 is 0. The average Bonchev–Trinajstić information content (AvgIpc) is 3.13. The number of hydrogen-bond acceptors (Lipinski definition) is 3. The molecule has 2 aliphatic heterocycles. The number of benzene rings is 1. The molecule has 0 unspecified atom stereocenters. The Kier molecular flexibility index (Phi) is 5.66. The predicted octanol–water partition coefficient (Wildman–Crippen LogP) is 4.44. The van der Waals surface area contributed by atoms with Gasteiger partial charge in [-0.2, -0.15) is 13.2 Å². The van der Waals surface area contributed by atoms with E-state index in [2.05, 4.69) is 21.8 Å². The lowest BCUT2D eigenvalue weighted by Crippen LogP contribution is -2.35. The molecule has 4 nitrogen and oxygen atoms in total. The van der Waals surface area contributed by atoms with Crippen LogP contribution in [0.3, 0.4) is 0 Å². The molecular weight excluding hydrogens is 384 g/mol. The fraction of sp³-hybridized carbons (Fsp3) is 0.571. The van der Waals surface area contributed by atoms with E-state index in [9.17, 15) is 17.6 Å². The van der Waals surface area contributed by atoms with Crippen LogP contribution in [-0.4, -0.2) is 47.7 Å². The van der Waals surface area contributed by atoms with Crippen LogP contribution in [0.1, 0.15) is 49.0 Å². The van der Waals surface area contributed by atoms with E-state index in [1.807, 2.05) is 6.20 Å². The molecule has 2 aromatic rings. The van der Waals surface area contributed by atoms with Gasteiger partial charge in [0, 0.05) is 30.3 Å². The molecule has 0 spiro atoms. The van der Waals surface area contributed by atoms with Gasteiger partial charge in [0.25, 0.3) is 0 Å². The van der Waals surface area contributed by atoms with Gasteiger partial charge in [-0.15, -0.1) is 0 Å². The number of likely N-dealkylation sites (tertiary alicyclic amines) is 1. The number of aromatic nitrogens is 2. The smallest absolute Gasteiger partial charge is 0.330 e. The number of nitrogens with zero attached hydrogens (tertiary/aromatic N) is 3. The first-order valence-electron chi connectivity index (χ1n) is 10.2. The molecule has 8 heteroatoms. The van der Waals surface area contributed by atoms with E-state index in [4.69, 9.17) is 4.98 Å². The summed E-state index contributed by atoms with van der Waals surface area (Å²) in [6.07, 6.45) is 1.15. The molecule has 0 amide bonds. The summed E-state index contributed by atoms with van der Waals surface area (Å²) < 4.78 is 55.4. The summed E-state index contributed by atoms with van der Waals surface area (Å²) in [4.78, 5) is 7.06. The van der Waals surface area contributed by atoms with Crippen molar-refractivity contribution in [3.05, 3.63) is 41.6 Å². The molecule has 2 saturated heterocycles. The van der Waals surface area contributed by atoms with Crippen molar-refractivity contribution >= 4 is 0 Å². The van der Waals surface area contributed by atoms with Crippen LogP contribution in [0.5, 0.6) is 0 Å². The maximum atomic E-state index is 13.7. The van der Waals surface area contributed by atoms with Crippen molar-refractivity contribution in [2.45, 2.75) is 43.8 Å². The molecule has 0 radical (unpaired) electrons. The zero-order chi connectivity index (χ0) is 20.6. The number of alkyl halides is 3. The number of halogens is 4. The highest BCUT2D eigenvalue weighted by atomic mass is 19.4. The fourth-order valence-electron chi connectivity index (χ4n) is 4.49. The second-order valence-electron chi connectivity index (χ2n) is 8.17. The zero-order valence-corrected chi connectivity index (χ0v) is 16.5. The highest BCUT2D eigenvalue weighted by Gasteiger charge is 2.35. The van der Waals surface area contributed by atoms with E-state index in [1.165, 1.54) is 6.07 Å². The third kappa shape index (κ3) is 4.33. The molecule has 2 aliphatic rings.